The summed E-state index contributed by atoms with van der Waals surface area (Å²) in [7, 11) is -4.66. The van der Waals surface area contributed by atoms with Crippen molar-refractivity contribution in [2.45, 2.75) is 43.4 Å². The highest BCUT2D eigenvalue weighted by Gasteiger charge is 2.42. The molecule has 6 nitrogen and oxygen atoms in total. The van der Waals surface area contributed by atoms with E-state index in [1.54, 1.807) is 0 Å². The molecule has 3 rings (SSSR count). The molecule has 0 radical (unpaired) electrons. The molecule has 0 aromatic heterocycles. The second-order valence-corrected chi connectivity index (χ2v) is 7.80. The highest BCUT2D eigenvalue weighted by atomic mass is 32.3. The first-order valence-electron chi connectivity index (χ1n) is 7.38. The summed E-state index contributed by atoms with van der Waals surface area (Å²) in [5.41, 5.74) is 0. The molecule has 0 N–H and O–H groups in total. The molecule has 8 heteroatoms. The van der Waals surface area contributed by atoms with E-state index in [9.17, 15) is 21.9 Å². The number of halogens is 1. The van der Waals surface area contributed by atoms with Crippen molar-refractivity contribution in [3.8, 4) is 0 Å². The number of rotatable bonds is 3. The normalized spacial score (nSPS) is 28.2. The first-order valence-corrected chi connectivity index (χ1v) is 8.82. The van der Waals surface area contributed by atoms with Gasteiger partial charge in [-0.1, -0.05) is 0 Å². The molecule has 1 aliphatic carbocycles. The van der Waals surface area contributed by atoms with E-state index in [4.69, 9.17) is 0 Å². The largest absolute Gasteiger partial charge is 0.342 e. The molecule has 118 valence electrons. The summed E-state index contributed by atoms with van der Waals surface area (Å²) in [4.78, 5) is 27.1. The van der Waals surface area contributed by atoms with Gasteiger partial charge in [0, 0.05) is 38.0 Å². The lowest BCUT2D eigenvalue weighted by Gasteiger charge is -2.36. The van der Waals surface area contributed by atoms with Gasteiger partial charge in [0.15, 0.2) is 0 Å². The van der Waals surface area contributed by atoms with Crippen LogP contribution in [0.5, 0.6) is 0 Å². The topological polar surface area (TPSA) is 74.8 Å². The lowest BCUT2D eigenvalue weighted by molar-refractivity contribution is -0.135. The van der Waals surface area contributed by atoms with Crippen LogP contribution in [0.1, 0.15) is 32.1 Å². The molecule has 0 spiro atoms. The molecule has 1 atom stereocenters. The van der Waals surface area contributed by atoms with E-state index >= 15 is 0 Å². The van der Waals surface area contributed by atoms with Crippen LogP contribution in [0.25, 0.3) is 0 Å². The summed E-state index contributed by atoms with van der Waals surface area (Å²) in [6.07, 6.45) is 2.96. The Hall–Kier alpha value is -1.18. The first kappa shape index (κ1) is 14.7. The predicted molar refractivity (Wildman–Crippen MR) is 72.5 cm³/mol. The van der Waals surface area contributed by atoms with Crippen molar-refractivity contribution >= 4 is 22.0 Å². The summed E-state index contributed by atoms with van der Waals surface area (Å²) >= 11 is 0. The van der Waals surface area contributed by atoms with Crippen LogP contribution >= 0.6 is 0 Å². The van der Waals surface area contributed by atoms with Crippen molar-refractivity contribution in [2.75, 3.05) is 19.6 Å². The summed E-state index contributed by atoms with van der Waals surface area (Å²) in [6, 6.07) is -0.0764. The summed E-state index contributed by atoms with van der Waals surface area (Å²) in [5, 5.41) is -1.23. The molecule has 2 aliphatic heterocycles. The maximum Gasteiger partial charge on any atom is 0.307 e. The fraction of sp³-hybridized carbons (Fsp3) is 0.846. The van der Waals surface area contributed by atoms with Crippen LogP contribution in [0.15, 0.2) is 0 Å². The average molecular weight is 318 g/mol. The van der Waals surface area contributed by atoms with Gasteiger partial charge in [0.1, 0.15) is 5.25 Å². The number of piperidine rings is 1. The molecule has 0 bridgehead atoms. The summed E-state index contributed by atoms with van der Waals surface area (Å²) in [5.74, 6) is 0.0923. The van der Waals surface area contributed by atoms with E-state index in [1.807, 2.05) is 4.90 Å². The molecule has 21 heavy (non-hydrogen) atoms. The summed E-state index contributed by atoms with van der Waals surface area (Å²) < 4.78 is 34.9. The van der Waals surface area contributed by atoms with Gasteiger partial charge in [0.05, 0.1) is 0 Å². The monoisotopic (exact) mass is 318 g/mol. The Labute approximate surface area is 123 Å². The van der Waals surface area contributed by atoms with Gasteiger partial charge in [-0.15, -0.1) is 3.89 Å². The van der Waals surface area contributed by atoms with Crippen molar-refractivity contribution in [1.82, 2.24) is 9.80 Å². The lowest BCUT2D eigenvalue weighted by Crippen LogP contribution is -2.47. The SMILES string of the molecule is O=C(C1CC1)N1CCC(N2CC(S(=O)(=O)F)CC2=O)CC1. The van der Waals surface area contributed by atoms with E-state index in [0.29, 0.717) is 25.9 Å². The van der Waals surface area contributed by atoms with E-state index in [-0.39, 0.29) is 36.7 Å². The minimum atomic E-state index is -4.66. The lowest BCUT2D eigenvalue weighted by atomic mass is 10.0. The van der Waals surface area contributed by atoms with Crippen LogP contribution in [0.4, 0.5) is 3.89 Å². The quantitative estimate of drug-likeness (QED) is 0.701. The fourth-order valence-corrected chi connectivity index (χ4v) is 3.91. The molecule has 0 aromatic carbocycles. The van der Waals surface area contributed by atoms with Crippen molar-refractivity contribution in [2.24, 2.45) is 5.92 Å². The fourth-order valence-electron chi connectivity index (χ4n) is 3.23. The predicted octanol–water partition coefficient (Wildman–Crippen LogP) is 0.288. The van der Waals surface area contributed by atoms with E-state index in [1.165, 1.54) is 4.90 Å². The number of carbonyl (C=O) groups excluding carboxylic acids is 2. The molecule has 1 unspecified atom stereocenters. The minimum Gasteiger partial charge on any atom is -0.342 e. The smallest absolute Gasteiger partial charge is 0.307 e. The second kappa shape index (κ2) is 5.23. The third-order valence-corrected chi connectivity index (χ3v) is 5.78. The van der Waals surface area contributed by atoms with Gasteiger partial charge in [-0.25, -0.2) is 0 Å². The van der Waals surface area contributed by atoms with Gasteiger partial charge in [-0.3, -0.25) is 9.59 Å². The maximum atomic E-state index is 13.0. The number of nitrogens with zero attached hydrogens (tertiary/aromatic N) is 2. The van der Waals surface area contributed by atoms with Crippen molar-refractivity contribution in [3.05, 3.63) is 0 Å². The minimum absolute atomic E-state index is 0.0566. The van der Waals surface area contributed by atoms with Gasteiger partial charge in [0.2, 0.25) is 11.8 Å². The third-order valence-electron chi connectivity index (χ3n) is 4.66. The summed E-state index contributed by atoms with van der Waals surface area (Å²) in [6.45, 7) is 1.13. The molecule has 1 saturated carbocycles. The molecule has 2 saturated heterocycles. The van der Waals surface area contributed by atoms with Crippen molar-refractivity contribution < 1.29 is 21.9 Å². The van der Waals surface area contributed by atoms with Gasteiger partial charge < -0.3 is 9.80 Å². The zero-order valence-corrected chi connectivity index (χ0v) is 12.5. The van der Waals surface area contributed by atoms with E-state index in [2.05, 4.69) is 0 Å². The third kappa shape index (κ3) is 3.04. The van der Waals surface area contributed by atoms with E-state index in [0.717, 1.165) is 12.8 Å². The Balaban J connectivity index is 1.57. The van der Waals surface area contributed by atoms with Gasteiger partial charge in [-0.2, -0.15) is 8.42 Å². The molecular weight excluding hydrogens is 299 g/mol. The van der Waals surface area contributed by atoms with Crippen molar-refractivity contribution in [3.63, 3.8) is 0 Å². The average Bonchev–Trinajstić information content (AvgIpc) is 3.20. The molecular formula is C13H19FN2O4S. The van der Waals surface area contributed by atoms with Crippen LogP contribution in [0, 0.1) is 5.92 Å². The second-order valence-electron chi connectivity index (χ2n) is 6.18. The van der Waals surface area contributed by atoms with Gasteiger partial charge in [-0.05, 0) is 25.7 Å². The zero-order valence-electron chi connectivity index (χ0n) is 11.7. The van der Waals surface area contributed by atoms with Gasteiger partial charge in [0.25, 0.3) is 0 Å². The Bertz CT molecular complexity index is 553. The Morgan fingerprint density at radius 1 is 1.14 bits per heavy atom. The highest BCUT2D eigenvalue weighted by molar-refractivity contribution is 7.87. The van der Waals surface area contributed by atoms with Crippen LogP contribution in [-0.4, -0.2) is 61.0 Å². The number of carbonyl (C=O) groups is 2. The molecule has 3 fully saturated rings. The molecule has 2 amide bonds. The van der Waals surface area contributed by atoms with Crippen LogP contribution in [-0.2, 0) is 19.8 Å². The standard InChI is InChI=1S/C13H19FN2O4S/c14-21(19,20)11-7-12(17)16(8-11)10-3-5-15(6-4-10)13(18)9-1-2-9/h9-11H,1-8H2. The number of hydrogen-bond acceptors (Lipinski definition) is 4. The van der Waals surface area contributed by atoms with Crippen molar-refractivity contribution in [1.29, 1.82) is 0 Å². The highest BCUT2D eigenvalue weighted by Crippen LogP contribution is 2.33. The van der Waals surface area contributed by atoms with Crippen LogP contribution in [0.3, 0.4) is 0 Å². The van der Waals surface area contributed by atoms with Gasteiger partial charge >= 0.3 is 10.2 Å². The van der Waals surface area contributed by atoms with E-state index < -0.39 is 15.5 Å². The van der Waals surface area contributed by atoms with Crippen LogP contribution in [0.2, 0.25) is 0 Å². The maximum absolute atomic E-state index is 13.0. The number of amides is 2. The Kier molecular flexibility index (Phi) is 3.67. The number of likely N-dealkylation sites (tertiary alicyclic amines) is 2. The Morgan fingerprint density at radius 3 is 2.24 bits per heavy atom. The van der Waals surface area contributed by atoms with Crippen LogP contribution < -0.4 is 0 Å². The zero-order chi connectivity index (χ0) is 15.2. The molecule has 2 heterocycles. The molecule has 3 aliphatic rings. The first-order chi connectivity index (χ1) is 9.86. The molecule has 0 aromatic rings. The Morgan fingerprint density at radius 2 is 1.76 bits per heavy atom. The number of hydrogen-bond donors (Lipinski definition) is 0.